The van der Waals surface area contributed by atoms with Crippen LogP contribution in [0, 0.1) is 0 Å². The summed E-state index contributed by atoms with van der Waals surface area (Å²) in [5.41, 5.74) is 2.08. The quantitative estimate of drug-likeness (QED) is 0.640. The Labute approximate surface area is 74.0 Å². The molecule has 0 heterocycles. The molecular formula is C10H17NO. The highest BCUT2D eigenvalue weighted by Gasteiger charge is 2.23. The van der Waals surface area contributed by atoms with Crippen molar-refractivity contribution in [3.63, 3.8) is 0 Å². The summed E-state index contributed by atoms with van der Waals surface area (Å²) in [6.07, 6.45) is 3.28. The Morgan fingerprint density at radius 3 is 2.42 bits per heavy atom. The maximum atomic E-state index is 11.4. The average Bonchev–Trinajstić information content (AvgIpc) is 2.85. The van der Waals surface area contributed by atoms with E-state index in [-0.39, 0.29) is 5.91 Å². The monoisotopic (exact) mass is 167 g/mol. The summed E-state index contributed by atoms with van der Waals surface area (Å²) in [7, 11) is 0. The zero-order valence-corrected chi connectivity index (χ0v) is 8.11. The lowest BCUT2D eigenvalue weighted by Gasteiger charge is -2.05. The second kappa shape index (κ2) is 3.74. The van der Waals surface area contributed by atoms with Crippen LogP contribution in [-0.2, 0) is 4.79 Å². The van der Waals surface area contributed by atoms with Crippen LogP contribution in [0.3, 0.4) is 0 Å². The van der Waals surface area contributed by atoms with Crippen LogP contribution in [-0.4, -0.2) is 11.9 Å². The minimum Gasteiger partial charge on any atom is -0.350 e. The third-order valence-corrected chi connectivity index (χ3v) is 2.42. The largest absolute Gasteiger partial charge is 0.350 e. The van der Waals surface area contributed by atoms with Crippen LogP contribution >= 0.6 is 0 Å². The highest BCUT2D eigenvalue weighted by Crippen LogP contribution is 2.19. The Morgan fingerprint density at radius 1 is 1.42 bits per heavy atom. The smallest absolute Gasteiger partial charge is 0.247 e. The van der Waals surface area contributed by atoms with Crippen LogP contribution in [0.2, 0.25) is 0 Å². The van der Waals surface area contributed by atoms with Crippen LogP contribution in [0.5, 0.6) is 0 Å². The predicted molar refractivity (Wildman–Crippen MR) is 49.8 cm³/mol. The molecule has 0 aliphatic heterocycles. The summed E-state index contributed by atoms with van der Waals surface area (Å²) in [6.45, 7) is 5.99. The van der Waals surface area contributed by atoms with Gasteiger partial charge in [-0.05, 0) is 33.1 Å². The first kappa shape index (κ1) is 9.30. The van der Waals surface area contributed by atoms with Crippen molar-refractivity contribution < 1.29 is 4.79 Å². The van der Waals surface area contributed by atoms with Gasteiger partial charge in [-0.3, -0.25) is 4.79 Å². The molecule has 1 N–H and O–H groups in total. The van der Waals surface area contributed by atoms with Crippen LogP contribution in [0.15, 0.2) is 11.1 Å². The Morgan fingerprint density at radius 2 is 2.00 bits per heavy atom. The maximum Gasteiger partial charge on any atom is 0.247 e. The maximum absolute atomic E-state index is 11.4. The number of hydrogen-bond donors (Lipinski definition) is 1. The third-order valence-electron chi connectivity index (χ3n) is 2.42. The molecule has 1 aliphatic carbocycles. The van der Waals surface area contributed by atoms with Gasteiger partial charge in [0.1, 0.15) is 0 Å². The molecule has 0 bridgehead atoms. The highest BCUT2D eigenvalue weighted by molar-refractivity contribution is 5.93. The number of carbonyl (C=O) groups excluding carboxylic acids is 1. The van der Waals surface area contributed by atoms with E-state index in [9.17, 15) is 4.79 Å². The second-order valence-electron chi connectivity index (χ2n) is 3.51. The molecule has 0 atom stereocenters. The van der Waals surface area contributed by atoms with Gasteiger partial charge in [0, 0.05) is 11.6 Å². The minimum absolute atomic E-state index is 0.122. The van der Waals surface area contributed by atoms with Crippen molar-refractivity contribution in [1.29, 1.82) is 0 Å². The fourth-order valence-electron chi connectivity index (χ4n) is 0.980. The van der Waals surface area contributed by atoms with Gasteiger partial charge in [-0.2, -0.15) is 0 Å². The van der Waals surface area contributed by atoms with Crippen molar-refractivity contribution in [3.8, 4) is 0 Å². The fourth-order valence-corrected chi connectivity index (χ4v) is 0.980. The number of allylic oxidation sites excluding steroid dienone is 1. The summed E-state index contributed by atoms with van der Waals surface area (Å²) < 4.78 is 0. The van der Waals surface area contributed by atoms with E-state index in [1.54, 1.807) is 0 Å². The van der Waals surface area contributed by atoms with E-state index in [1.807, 2.05) is 13.8 Å². The van der Waals surface area contributed by atoms with E-state index >= 15 is 0 Å². The molecule has 1 amide bonds. The van der Waals surface area contributed by atoms with E-state index in [4.69, 9.17) is 0 Å². The summed E-state index contributed by atoms with van der Waals surface area (Å²) in [5.74, 6) is 0.122. The van der Waals surface area contributed by atoms with Gasteiger partial charge in [0.15, 0.2) is 0 Å². The number of hydrogen-bond acceptors (Lipinski definition) is 1. The van der Waals surface area contributed by atoms with Gasteiger partial charge in [0.05, 0.1) is 0 Å². The van der Waals surface area contributed by atoms with E-state index in [0.29, 0.717) is 6.04 Å². The van der Waals surface area contributed by atoms with Crippen molar-refractivity contribution in [2.24, 2.45) is 0 Å². The van der Waals surface area contributed by atoms with Gasteiger partial charge < -0.3 is 5.32 Å². The molecule has 2 heteroatoms. The van der Waals surface area contributed by atoms with Crippen LogP contribution in [0.4, 0.5) is 0 Å². The highest BCUT2D eigenvalue weighted by atomic mass is 16.1. The van der Waals surface area contributed by atoms with Crippen molar-refractivity contribution in [2.45, 2.75) is 46.1 Å². The summed E-state index contributed by atoms with van der Waals surface area (Å²) >= 11 is 0. The molecule has 0 aromatic heterocycles. The molecule has 0 radical (unpaired) electrons. The van der Waals surface area contributed by atoms with E-state index in [0.717, 1.165) is 24.8 Å². The molecule has 2 nitrogen and oxygen atoms in total. The number of rotatable bonds is 3. The zero-order chi connectivity index (χ0) is 9.14. The molecule has 1 aliphatic rings. The van der Waals surface area contributed by atoms with Gasteiger partial charge in [0.25, 0.3) is 0 Å². The number of carbonyl (C=O) groups is 1. The van der Waals surface area contributed by atoms with Gasteiger partial charge in [-0.15, -0.1) is 0 Å². The van der Waals surface area contributed by atoms with Gasteiger partial charge >= 0.3 is 0 Å². The first-order valence-corrected chi connectivity index (χ1v) is 4.62. The normalized spacial score (nSPS) is 18.6. The topological polar surface area (TPSA) is 29.1 Å². The Bertz CT molecular complexity index is 214. The molecule has 0 spiro atoms. The van der Waals surface area contributed by atoms with Gasteiger partial charge in [-0.1, -0.05) is 12.5 Å². The van der Waals surface area contributed by atoms with Crippen molar-refractivity contribution in [3.05, 3.63) is 11.1 Å². The first-order valence-electron chi connectivity index (χ1n) is 4.62. The van der Waals surface area contributed by atoms with Crippen molar-refractivity contribution >= 4 is 5.91 Å². The Balaban J connectivity index is 2.49. The molecule has 0 unspecified atom stereocenters. The molecular weight excluding hydrogens is 150 g/mol. The molecule has 1 rings (SSSR count). The summed E-state index contributed by atoms with van der Waals surface area (Å²) in [4.78, 5) is 11.4. The van der Waals surface area contributed by atoms with Crippen LogP contribution < -0.4 is 5.32 Å². The van der Waals surface area contributed by atoms with E-state index < -0.39 is 0 Å². The number of amides is 1. The van der Waals surface area contributed by atoms with Crippen molar-refractivity contribution in [2.75, 3.05) is 0 Å². The molecule has 68 valence electrons. The van der Waals surface area contributed by atoms with Crippen LogP contribution in [0.1, 0.15) is 40.0 Å². The minimum atomic E-state index is 0.122. The van der Waals surface area contributed by atoms with E-state index in [1.165, 1.54) is 5.57 Å². The van der Waals surface area contributed by atoms with Gasteiger partial charge in [-0.25, -0.2) is 0 Å². The lowest BCUT2D eigenvalue weighted by molar-refractivity contribution is -0.117. The third kappa shape index (κ3) is 2.36. The molecule has 1 saturated carbocycles. The SMILES string of the molecule is CC/C(C)=C(\C)C(=O)NC1CC1. The lowest BCUT2D eigenvalue weighted by atomic mass is 10.1. The van der Waals surface area contributed by atoms with Crippen LogP contribution in [0.25, 0.3) is 0 Å². The van der Waals surface area contributed by atoms with Gasteiger partial charge in [0.2, 0.25) is 5.91 Å². The average molecular weight is 167 g/mol. The lowest BCUT2D eigenvalue weighted by Crippen LogP contribution is -2.26. The summed E-state index contributed by atoms with van der Waals surface area (Å²) in [6, 6.07) is 0.470. The molecule has 12 heavy (non-hydrogen) atoms. The fraction of sp³-hybridized carbons (Fsp3) is 0.700. The van der Waals surface area contributed by atoms with Crippen molar-refractivity contribution in [1.82, 2.24) is 5.32 Å². The van der Waals surface area contributed by atoms with E-state index in [2.05, 4.69) is 12.2 Å². The molecule has 0 aromatic carbocycles. The molecule has 0 saturated heterocycles. The Kier molecular flexibility index (Phi) is 2.90. The zero-order valence-electron chi connectivity index (χ0n) is 8.11. The second-order valence-corrected chi connectivity index (χ2v) is 3.51. The number of nitrogens with one attached hydrogen (secondary N) is 1. The first-order chi connectivity index (χ1) is 5.65. The molecule has 1 fully saturated rings. The summed E-state index contributed by atoms with van der Waals surface area (Å²) in [5, 5.41) is 2.97. The standard InChI is InChI=1S/C10H17NO/c1-4-7(2)8(3)10(12)11-9-5-6-9/h9H,4-6H2,1-3H3,(H,11,12)/b8-7+. The molecule has 0 aromatic rings. The predicted octanol–water partition coefficient (Wildman–Crippen LogP) is 2.01. The Hall–Kier alpha value is -0.790.